The molecule has 0 amide bonds. The molecule has 0 fully saturated rings. The van der Waals surface area contributed by atoms with E-state index in [1.165, 1.54) is 18.4 Å². The third-order valence-electron chi connectivity index (χ3n) is 0.693. The van der Waals surface area contributed by atoms with E-state index < -0.39 is 10.3 Å². The van der Waals surface area contributed by atoms with Crippen molar-refractivity contribution in [2.75, 3.05) is 0 Å². The minimum atomic E-state index is -3.94. The Morgan fingerprint density at radius 3 is 2.70 bits per heavy atom. The van der Waals surface area contributed by atoms with Gasteiger partial charge in [0.1, 0.15) is 0 Å². The van der Waals surface area contributed by atoms with Crippen LogP contribution in [0.4, 0.5) is 0 Å². The second kappa shape index (κ2) is 2.31. The Kier molecular flexibility index (Phi) is 1.64. The molecule has 0 saturated heterocycles. The Bertz CT molecular complexity index is 287. The molecule has 56 valence electrons. The van der Waals surface area contributed by atoms with Gasteiger partial charge in [-0.05, 0) is 6.07 Å². The largest absolute Gasteiger partial charge is 0.433 e. The van der Waals surface area contributed by atoms with Crippen molar-refractivity contribution in [2.24, 2.45) is 5.14 Å². The summed E-state index contributed by atoms with van der Waals surface area (Å²) in [4.78, 5) is 0. The fourth-order valence-electron chi connectivity index (χ4n) is 0.425. The first-order valence-corrected chi connectivity index (χ1v) is 3.81. The molecule has 0 radical (unpaired) electrons. The van der Waals surface area contributed by atoms with Crippen LogP contribution in [-0.4, -0.2) is 8.42 Å². The summed E-state index contributed by atoms with van der Waals surface area (Å²) in [7, 11) is -3.94. The van der Waals surface area contributed by atoms with Crippen LogP contribution >= 0.6 is 0 Å². The van der Waals surface area contributed by atoms with E-state index in [1.807, 2.05) is 0 Å². The molecule has 1 heterocycles. The number of furan rings is 1. The lowest BCUT2D eigenvalue weighted by atomic mass is 10.7. The molecule has 1 rings (SSSR count). The molecule has 1 aromatic rings. The minimum absolute atomic E-state index is 0.137. The van der Waals surface area contributed by atoms with E-state index in [0.29, 0.717) is 0 Å². The molecule has 6 heteroatoms. The summed E-state index contributed by atoms with van der Waals surface area (Å²) in [6.07, 6.45) is 1.28. The van der Waals surface area contributed by atoms with Crippen LogP contribution in [0, 0.1) is 0 Å². The summed E-state index contributed by atoms with van der Waals surface area (Å²) in [6, 6.07) is 2.82. The van der Waals surface area contributed by atoms with Gasteiger partial charge in [0.05, 0.1) is 6.26 Å². The van der Waals surface area contributed by atoms with Crippen molar-refractivity contribution >= 4 is 10.3 Å². The molecule has 0 saturated carbocycles. The van der Waals surface area contributed by atoms with E-state index in [-0.39, 0.29) is 5.95 Å². The molecule has 5 nitrogen and oxygen atoms in total. The minimum Gasteiger partial charge on any atom is -0.433 e. The molecular formula is C4H5NO4S. The first kappa shape index (κ1) is 7.10. The molecule has 0 aliphatic carbocycles. The molecule has 0 bridgehead atoms. The maximum atomic E-state index is 10.2. The summed E-state index contributed by atoms with van der Waals surface area (Å²) < 4.78 is 29.0. The van der Waals surface area contributed by atoms with Gasteiger partial charge in [-0.2, -0.15) is 13.6 Å². The first-order chi connectivity index (χ1) is 4.58. The quantitative estimate of drug-likeness (QED) is 0.657. The zero-order valence-corrected chi connectivity index (χ0v) is 5.67. The predicted octanol–water partition coefficient (Wildman–Crippen LogP) is -0.138. The van der Waals surface area contributed by atoms with Gasteiger partial charge in [-0.15, -0.1) is 0 Å². The van der Waals surface area contributed by atoms with Crippen LogP contribution < -0.4 is 9.32 Å². The van der Waals surface area contributed by atoms with Crippen LogP contribution in [0.3, 0.4) is 0 Å². The van der Waals surface area contributed by atoms with Crippen LogP contribution in [0.15, 0.2) is 22.8 Å². The third kappa shape index (κ3) is 2.08. The average molecular weight is 163 g/mol. The van der Waals surface area contributed by atoms with Gasteiger partial charge < -0.3 is 8.60 Å². The highest BCUT2D eigenvalue weighted by Gasteiger charge is 2.05. The Balaban J connectivity index is 2.75. The van der Waals surface area contributed by atoms with E-state index in [0.717, 1.165) is 0 Å². The molecule has 0 aromatic carbocycles. The molecule has 1 aromatic heterocycles. The van der Waals surface area contributed by atoms with Gasteiger partial charge in [0.15, 0.2) is 0 Å². The standard InChI is InChI=1S/C4H5NO4S/c5-10(6,7)9-4-2-1-3-8-4/h1-3H,(H2,5,6,7). The fraction of sp³-hybridized carbons (Fsp3) is 0. The SMILES string of the molecule is NS(=O)(=O)Oc1ccco1. The smallest absolute Gasteiger partial charge is 0.382 e. The van der Waals surface area contributed by atoms with Crippen LogP contribution in [0.1, 0.15) is 0 Å². The van der Waals surface area contributed by atoms with Crippen LogP contribution in [0.2, 0.25) is 0 Å². The van der Waals surface area contributed by atoms with Gasteiger partial charge in [0.2, 0.25) is 0 Å². The zero-order chi connectivity index (χ0) is 7.61. The second-order valence-corrected chi connectivity index (χ2v) is 2.66. The number of rotatable bonds is 2. The molecular weight excluding hydrogens is 158 g/mol. The Morgan fingerprint density at radius 1 is 1.60 bits per heavy atom. The van der Waals surface area contributed by atoms with Crippen molar-refractivity contribution in [3.63, 3.8) is 0 Å². The van der Waals surface area contributed by atoms with Crippen molar-refractivity contribution in [1.29, 1.82) is 0 Å². The van der Waals surface area contributed by atoms with E-state index >= 15 is 0 Å². The monoisotopic (exact) mass is 163 g/mol. The third-order valence-corrected chi connectivity index (χ3v) is 1.09. The number of hydrogen-bond donors (Lipinski definition) is 1. The Hall–Kier alpha value is -1.01. The van der Waals surface area contributed by atoms with E-state index in [2.05, 4.69) is 13.7 Å². The summed E-state index contributed by atoms with van der Waals surface area (Å²) in [6.45, 7) is 0. The maximum Gasteiger partial charge on any atom is 0.382 e. The van der Waals surface area contributed by atoms with E-state index in [4.69, 9.17) is 0 Å². The summed E-state index contributed by atoms with van der Waals surface area (Å²) in [5.74, 6) is -0.137. The molecule has 0 atom stereocenters. The highest BCUT2D eigenvalue weighted by atomic mass is 32.2. The van der Waals surface area contributed by atoms with Crippen LogP contribution in [-0.2, 0) is 10.3 Å². The molecule has 0 spiro atoms. The predicted molar refractivity (Wildman–Crippen MR) is 32.4 cm³/mol. The van der Waals surface area contributed by atoms with Crippen molar-refractivity contribution in [3.8, 4) is 5.95 Å². The number of hydrogen-bond acceptors (Lipinski definition) is 4. The zero-order valence-electron chi connectivity index (χ0n) is 4.85. The Labute approximate surface area is 57.6 Å². The molecule has 0 aliphatic heterocycles. The van der Waals surface area contributed by atoms with Gasteiger partial charge in [0, 0.05) is 6.07 Å². The normalized spacial score (nSPS) is 11.3. The van der Waals surface area contributed by atoms with Gasteiger partial charge in [-0.3, -0.25) is 0 Å². The van der Waals surface area contributed by atoms with E-state index in [1.54, 1.807) is 0 Å². The summed E-state index contributed by atoms with van der Waals surface area (Å²) >= 11 is 0. The van der Waals surface area contributed by atoms with E-state index in [9.17, 15) is 8.42 Å². The second-order valence-electron chi connectivity index (χ2n) is 1.51. The van der Waals surface area contributed by atoms with Crippen molar-refractivity contribution in [2.45, 2.75) is 0 Å². The molecule has 0 unspecified atom stereocenters. The van der Waals surface area contributed by atoms with Crippen molar-refractivity contribution < 1.29 is 17.0 Å². The fourth-order valence-corrected chi connectivity index (χ4v) is 0.749. The van der Waals surface area contributed by atoms with Crippen LogP contribution in [0.25, 0.3) is 0 Å². The lowest BCUT2D eigenvalue weighted by Gasteiger charge is -1.94. The number of nitrogens with two attached hydrogens (primary N) is 1. The van der Waals surface area contributed by atoms with Crippen LogP contribution in [0.5, 0.6) is 5.95 Å². The lowest BCUT2D eigenvalue weighted by Crippen LogP contribution is -2.18. The van der Waals surface area contributed by atoms with Gasteiger partial charge in [0.25, 0.3) is 0 Å². The highest BCUT2D eigenvalue weighted by molar-refractivity contribution is 7.84. The van der Waals surface area contributed by atoms with Crippen molar-refractivity contribution in [3.05, 3.63) is 18.4 Å². The topological polar surface area (TPSA) is 82.5 Å². The molecule has 0 aliphatic rings. The molecule has 2 N–H and O–H groups in total. The first-order valence-electron chi connectivity index (χ1n) is 2.33. The van der Waals surface area contributed by atoms with Gasteiger partial charge >= 0.3 is 16.3 Å². The van der Waals surface area contributed by atoms with Gasteiger partial charge in [-0.25, -0.2) is 0 Å². The van der Waals surface area contributed by atoms with Crippen molar-refractivity contribution in [1.82, 2.24) is 0 Å². The highest BCUT2D eigenvalue weighted by Crippen LogP contribution is 2.10. The Morgan fingerprint density at radius 2 is 2.30 bits per heavy atom. The van der Waals surface area contributed by atoms with Gasteiger partial charge in [-0.1, -0.05) is 0 Å². The molecule has 10 heavy (non-hydrogen) atoms. The summed E-state index contributed by atoms with van der Waals surface area (Å²) in [5.41, 5.74) is 0. The average Bonchev–Trinajstić information content (AvgIpc) is 2.12. The lowest BCUT2D eigenvalue weighted by molar-refractivity contribution is 0.383. The maximum absolute atomic E-state index is 10.2. The summed E-state index contributed by atoms with van der Waals surface area (Å²) in [5, 5.41) is 4.52.